The number of H-pyrrole nitrogens is 1. The molecule has 1 aromatic carbocycles. The van der Waals surface area contributed by atoms with E-state index in [1.165, 1.54) is 18.3 Å². The number of carbonyl (C=O) groups excluding carboxylic acids is 1. The lowest BCUT2D eigenvalue weighted by molar-refractivity contribution is -0.111. The fraction of sp³-hybridized carbons (Fsp3) is 0.182. The molecule has 2 rings (SSSR count). The first-order chi connectivity index (χ1) is 9.28. The Morgan fingerprint density at radius 2 is 2.62 bits per heavy atom. The third-order valence-corrected chi connectivity index (χ3v) is 2.60. The van der Waals surface area contributed by atoms with E-state index in [0.717, 1.165) is 0 Å². The molecule has 4 nitrogen and oxygen atoms in total. The van der Waals surface area contributed by atoms with E-state index >= 15 is 0 Å². The van der Waals surface area contributed by atoms with E-state index in [4.69, 9.17) is 5.57 Å². The number of aromatic nitrogens is 1. The molecule has 0 amide bonds. The molecule has 0 fully saturated rings. The zero-order chi connectivity index (χ0) is 15.1. The Morgan fingerprint density at radius 1 is 1.81 bits per heavy atom. The predicted octanol–water partition coefficient (Wildman–Crippen LogP) is 1.66. The Morgan fingerprint density at radius 3 is 3.31 bits per heavy atom. The number of carbonyl (C=O) groups is 1. The fourth-order valence-corrected chi connectivity index (χ4v) is 1.57. The Kier molecular flexibility index (Phi) is 1.89. The van der Waals surface area contributed by atoms with Crippen LogP contribution in [0.4, 0.5) is 0 Å². The second-order valence-electron chi connectivity index (χ2n) is 3.28. The third kappa shape index (κ3) is 2.10. The van der Waals surface area contributed by atoms with Gasteiger partial charge in [-0.15, -0.1) is 0 Å². The number of phenols is 1. The van der Waals surface area contributed by atoms with Gasteiger partial charge in [-0.2, -0.15) is 0 Å². The van der Waals surface area contributed by atoms with Gasteiger partial charge in [0.25, 0.3) is 0 Å². The van der Waals surface area contributed by atoms with Crippen molar-refractivity contribution in [1.82, 2.24) is 4.98 Å². The molecular formula is C11H11BrN2O2. The van der Waals surface area contributed by atoms with Crippen LogP contribution in [0.1, 0.15) is 8.30 Å². The highest BCUT2D eigenvalue weighted by molar-refractivity contribution is 9.18. The third-order valence-electron chi connectivity index (χ3n) is 2.19. The molecule has 84 valence electrons. The van der Waals surface area contributed by atoms with Gasteiger partial charge in [0.2, 0.25) is 4.69 Å². The summed E-state index contributed by atoms with van der Waals surface area (Å²) in [5.74, 6) is -0.0140. The van der Waals surface area contributed by atoms with Crippen LogP contribution >= 0.6 is 15.9 Å². The molecule has 2 aromatic rings. The summed E-state index contributed by atoms with van der Waals surface area (Å²) in [5.41, 5.74) is 0.771. The van der Waals surface area contributed by atoms with Gasteiger partial charge in [-0.25, -0.2) is 0 Å². The molecular weight excluding hydrogens is 272 g/mol. The van der Waals surface area contributed by atoms with Crippen molar-refractivity contribution in [3.05, 3.63) is 30.0 Å². The minimum atomic E-state index is -2.42. The van der Waals surface area contributed by atoms with Crippen molar-refractivity contribution >= 4 is 31.5 Å². The molecule has 0 spiro atoms. The number of hydrogen-bond acceptors (Lipinski definition) is 3. The second-order valence-corrected chi connectivity index (χ2v) is 4.00. The maximum Gasteiger partial charge on any atom is 0.214 e. The Balaban J connectivity index is 2.58. The largest absolute Gasteiger partial charge is 0.508 e. The highest BCUT2D eigenvalue weighted by Gasteiger charge is 2.13. The maximum atomic E-state index is 11.5. The van der Waals surface area contributed by atoms with Gasteiger partial charge in [-0.1, -0.05) is 0 Å². The van der Waals surface area contributed by atoms with Crippen LogP contribution in [0.2, 0.25) is 2.82 Å². The molecule has 0 aliphatic heterocycles. The lowest BCUT2D eigenvalue weighted by atomic mass is 10.1. The van der Waals surface area contributed by atoms with E-state index in [1.54, 1.807) is 6.07 Å². The molecule has 0 bridgehead atoms. The number of rotatable bonds is 4. The molecule has 2 atom stereocenters. The maximum absolute atomic E-state index is 11.5. The smallest absolute Gasteiger partial charge is 0.214 e. The lowest BCUT2D eigenvalue weighted by Crippen LogP contribution is -2.28. The zero-order valence-electron chi connectivity index (χ0n) is 12.1. The molecule has 0 saturated carbocycles. The van der Waals surface area contributed by atoms with Crippen LogP contribution in [0.15, 0.2) is 24.4 Å². The highest BCUT2D eigenvalue weighted by Crippen LogP contribution is 2.23. The SMILES string of the molecule is [2H]C(c1c[nH]c2ccc(O)cc12)[C@@]([2H])(C(=O)Br)N([2H])[2H]. The van der Waals surface area contributed by atoms with Gasteiger partial charge in [0, 0.05) is 18.5 Å². The molecule has 0 aliphatic rings. The molecule has 1 unspecified atom stereocenters. The van der Waals surface area contributed by atoms with Gasteiger partial charge in [0.1, 0.15) is 8.57 Å². The number of aromatic amines is 1. The number of hydrogen-bond donors (Lipinski definition) is 3. The van der Waals surface area contributed by atoms with Crippen LogP contribution < -0.4 is 5.72 Å². The van der Waals surface area contributed by atoms with Gasteiger partial charge < -0.3 is 15.8 Å². The number of aromatic hydroxyl groups is 1. The summed E-state index contributed by atoms with van der Waals surface area (Å²) in [6.45, 7) is 0. The van der Waals surface area contributed by atoms with E-state index in [9.17, 15) is 9.90 Å². The van der Waals surface area contributed by atoms with Gasteiger partial charge in [0.15, 0.2) is 0 Å². The van der Waals surface area contributed by atoms with Gasteiger partial charge in [-0.3, -0.25) is 4.79 Å². The van der Waals surface area contributed by atoms with Gasteiger partial charge in [-0.05, 0) is 46.1 Å². The normalized spacial score (nSPS) is 20.6. The van der Waals surface area contributed by atoms with Gasteiger partial charge >= 0.3 is 0 Å². The first-order valence-electron chi connectivity index (χ1n) is 6.45. The number of nitrogens with two attached hydrogens (primary N) is 1. The lowest BCUT2D eigenvalue weighted by Gasteiger charge is -2.05. The summed E-state index contributed by atoms with van der Waals surface area (Å²) in [6, 6.07) is 2.05. The van der Waals surface area contributed by atoms with Crippen molar-refractivity contribution in [3.63, 3.8) is 0 Å². The van der Waals surface area contributed by atoms with Crippen LogP contribution in [0.5, 0.6) is 5.75 Å². The number of phenolic OH excluding ortho intramolecular Hbond substituents is 1. The molecule has 1 heterocycles. The molecule has 1 aromatic heterocycles. The summed E-state index contributed by atoms with van der Waals surface area (Å²) in [4.78, 5) is 14.4. The van der Waals surface area contributed by atoms with Crippen LogP contribution in [0.25, 0.3) is 10.9 Å². The standard InChI is InChI=1S/C11H11BrN2O2/c12-11(16)9(13)3-6-5-14-10-2-1-7(15)4-8(6)10/h1-2,4-5,9,14-15H,3,13H2/t9-/m0/s1/i3D,9D/hD2/t3?,9-. The zero-order valence-corrected chi connectivity index (χ0v) is 9.65. The topological polar surface area (TPSA) is 79.1 Å². The van der Waals surface area contributed by atoms with E-state index in [1.807, 2.05) is 0 Å². The van der Waals surface area contributed by atoms with E-state index < -0.39 is 17.1 Å². The summed E-state index contributed by atoms with van der Waals surface area (Å²) >= 11 is 2.57. The molecule has 0 saturated heterocycles. The van der Waals surface area contributed by atoms with Crippen molar-refractivity contribution in [2.45, 2.75) is 12.4 Å². The van der Waals surface area contributed by atoms with E-state index in [-0.39, 0.29) is 17.0 Å². The fourth-order valence-electron chi connectivity index (χ4n) is 1.45. The Hall–Kier alpha value is -1.33. The number of nitrogens with one attached hydrogen (secondary N) is 1. The molecule has 5 heteroatoms. The summed E-state index contributed by atoms with van der Waals surface area (Å²) in [6.07, 6.45) is -0.0650. The highest BCUT2D eigenvalue weighted by atomic mass is 79.9. The number of fused-ring (bicyclic) bond motifs is 1. The quantitative estimate of drug-likeness (QED) is 0.748. The average Bonchev–Trinajstić information content (AvgIpc) is 2.79. The van der Waals surface area contributed by atoms with Crippen molar-refractivity contribution in [2.24, 2.45) is 5.72 Å². The minimum Gasteiger partial charge on any atom is -0.508 e. The average molecular weight is 287 g/mol. The molecule has 4 N–H and O–H groups in total. The number of halogens is 1. The second kappa shape index (κ2) is 4.27. The summed E-state index contributed by atoms with van der Waals surface area (Å²) < 4.78 is 29.5. The minimum absolute atomic E-state index is 0.0140. The van der Waals surface area contributed by atoms with Crippen LogP contribution in [0, 0.1) is 0 Å². The predicted molar refractivity (Wildman–Crippen MR) is 65.6 cm³/mol. The molecule has 0 radical (unpaired) electrons. The van der Waals surface area contributed by atoms with E-state index in [0.29, 0.717) is 10.9 Å². The van der Waals surface area contributed by atoms with Crippen molar-refractivity contribution in [2.75, 3.05) is 0 Å². The Bertz CT molecular complexity index is 663. The summed E-state index contributed by atoms with van der Waals surface area (Å²) in [7, 11) is 0. The van der Waals surface area contributed by atoms with Crippen molar-refractivity contribution in [3.8, 4) is 5.75 Å². The van der Waals surface area contributed by atoms with Crippen LogP contribution in [0.3, 0.4) is 0 Å². The summed E-state index contributed by atoms with van der Waals surface area (Å²) in [5, 5.41) is 9.96. The monoisotopic (exact) mass is 286 g/mol. The Labute approximate surface area is 106 Å². The first kappa shape index (κ1) is 7.09. The van der Waals surface area contributed by atoms with Crippen LogP contribution in [-0.4, -0.2) is 20.8 Å². The van der Waals surface area contributed by atoms with Gasteiger partial charge in [0.05, 0.1) is 7.39 Å². The first-order valence-corrected chi connectivity index (χ1v) is 5.28. The van der Waals surface area contributed by atoms with Crippen LogP contribution in [-0.2, 0) is 11.2 Å². The molecule has 16 heavy (non-hydrogen) atoms. The molecule has 0 aliphatic carbocycles. The van der Waals surface area contributed by atoms with E-state index in [2.05, 4.69) is 20.9 Å². The van der Waals surface area contributed by atoms with Crippen molar-refractivity contribution < 1.29 is 15.5 Å². The number of benzene rings is 1. The van der Waals surface area contributed by atoms with Crippen molar-refractivity contribution in [1.29, 1.82) is 0 Å².